The molecule has 0 amide bonds. The minimum absolute atomic E-state index is 0.491. The van der Waals surface area contributed by atoms with E-state index in [4.69, 9.17) is 0 Å². The predicted molar refractivity (Wildman–Crippen MR) is 78.0 cm³/mol. The smallest absolute Gasteiger partial charge is 0.116 e. The highest BCUT2D eigenvalue weighted by Gasteiger charge is 2.16. The van der Waals surface area contributed by atoms with Crippen LogP contribution >= 0.6 is 11.3 Å². The zero-order chi connectivity index (χ0) is 13.0. The van der Waals surface area contributed by atoms with Crippen LogP contribution in [0.3, 0.4) is 0 Å². The first-order chi connectivity index (χ1) is 8.72. The van der Waals surface area contributed by atoms with Crippen molar-refractivity contribution in [1.29, 1.82) is 0 Å². The standard InChI is InChI=1S/C14H21N3S/c1-4-6-15-12(10(2)3)8-13-14-11(5-7-18-14)16-9-17-13/h5,7,9-10,12,15H,4,6,8H2,1-3H3. The number of fused-ring (bicyclic) bond motifs is 1. The van der Waals surface area contributed by atoms with Crippen molar-refractivity contribution in [1.82, 2.24) is 15.3 Å². The van der Waals surface area contributed by atoms with Crippen LogP contribution in [0.2, 0.25) is 0 Å². The average molecular weight is 263 g/mol. The molecule has 18 heavy (non-hydrogen) atoms. The monoisotopic (exact) mass is 263 g/mol. The molecule has 0 aliphatic carbocycles. The van der Waals surface area contributed by atoms with Crippen LogP contribution in [0, 0.1) is 5.92 Å². The number of hydrogen-bond acceptors (Lipinski definition) is 4. The van der Waals surface area contributed by atoms with Gasteiger partial charge in [-0.05, 0) is 30.3 Å². The third kappa shape index (κ3) is 3.06. The summed E-state index contributed by atoms with van der Waals surface area (Å²) in [5.41, 5.74) is 2.25. The lowest BCUT2D eigenvalue weighted by Gasteiger charge is -2.22. The third-order valence-electron chi connectivity index (χ3n) is 3.19. The van der Waals surface area contributed by atoms with Crippen LogP contribution in [0.5, 0.6) is 0 Å². The quantitative estimate of drug-likeness (QED) is 0.869. The van der Waals surface area contributed by atoms with E-state index >= 15 is 0 Å². The number of hydrogen-bond donors (Lipinski definition) is 1. The summed E-state index contributed by atoms with van der Waals surface area (Å²) in [7, 11) is 0. The van der Waals surface area contributed by atoms with E-state index in [-0.39, 0.29) is 0 Å². The molecule has 0 aliphatic heterocycles. The first kappa shape index (κ1) is 13.4. The fraction of sp³-hybridized carbons (Fsp3) is 0.571. The Balaban J connectivity index is 2.17. The minimum Gasteiger partial charge on any atom is -0.313 e. The molecule has 0 saturated heterocycles. The normalized spacial score (nSPS) is 13.3. The summed E-state index contributed by atoms with van der Waals surface area (Å²) in [6.45, 7) is 7.80. The van der Waals surface area contributed by atoms with E-state index in [0.717, 1.165) is 18.5 Å². The molecule has 0 aromatic carbocycles. The van der Waals surface area contributed by atoms with Gasteiger partial charge in [0.15, 0.2) is 0 Å². The van der Waals surface area contributed by atoms with Crippen molar-refractivity contribution in [2.24, 2.45) is 5.92 Å². The zero-order valence-electron chi connectivity index (χ0n) is 11.3. The summed E-state index contributed by atoms with van der Waals surface area (Å²) in [5.74, 6) is 0.613. The van der Waals surface area contributed by atoms with E-state index in [0.29, 0.717) is 12.0 Å². The second-order valence-corrected chi connectivity index (χ2v) is 5.88. The van der Waals surface area contributed by atoms with Crippen molar-refractivity contribution in [3.63, 3.8) is 0 Å². The summed E-state index contributed by atoms with van der Waals surface area (Å²) in [6, 6.07) is 2.56. The van der Waals surface area contributed by atoms with Crippen LogP contribution in [0.1, 0.15) is 32.9 Å². The maximum absolute atomic E-state index is 4.47. The molecule has 1 atom stereocenters. The molecule has 0 saturated carbocycles. The fourth-order valence-corrected chi connectivity index (χ4v) is 2.91. The van der Waals surface area contributed by atoms with Gasteiger partial charge in [-0.2, -0.15) is 0 Å². The lowest BCUT2D eigenvalue weighted by molar-refractivity contribution is 0.395. The molecule has 2 aromatic rings. The van der Waals surface area contributed by atoms with Crippen molar-refractivity contribution in [3.05, 3.63) is 23.5 Å². The summed E-state index contributed by atoms with van der Waals surface area (Å²) in [5, 5.41) is 5.71. The molecule has 0 spiro atoms. The van der Waals surface area contributed by atoms with Crippen molar-refractivity contribution < 1.29 is 0 Å². The number of rotatable bonds is 6. The Hall–Kier alpha value is -1.000. The summed E-state index contributed by atoms with van der Waals surface area (Å²) < 4.78 is 1.24. The highest BCUT2D eigenvalue weighted by atomic mass is 32.1. The van der Waals surface area contributed by atoms with Crippen LogP contribution in [0.4, 0.5) is 0 Å². The minimum atomic E-state index is 0.491. The Kier molecular flexibility index (Phi) is 4.66. The lowest BCUT2D eigenvalue weighted by Crippen LogP contribution is -2.36. The second-order valence-electron chi connectivity index (χ2n) is 4.96. The first-order valence-corrected chi connectivity index (χ1v) is 7.50. The van der Waals surface area contributed by atoms with Gasteiger partial charge in [0.05, 0.1) is 15.9 Å². The molecule has 0 aliphatic rings. The molecule has 98 valence electrons. The highest BCUT2D eigenvalue weighted by molar-refractivity contribution is 7.17. The zero-order valence-corrected chi connectivity index (χ0v) is 12.1. The van der Waals surface area contributed by atoms with Gasteiger partial charge >= 0.3 is 0 Å². The van der Waals surface area contributed by atoms with Gasteiger partial charge in [-0.15, -0.1) is 11.3 Å². The molecular weight excluding hydrogens is 242 g/mol. The predicted octanol–water partition coefficient (Wildman–Crippen LogP) is 3.26. The Morgan fingerprint density at radius 1 is 1.33 bits per heavy atom. The van der Waals surface area contributed by atoms with Crippen LogP contribution in [-0.4, -0.2) is 22.6 Å². The summed E-state index contributed by atoms with van der Waals surface area (Å²) >= 11 is 1.74. The number of thiophene rings is 1. The molecular formula is C14H21N3S. The van der Waals surface area contributed by atoms with E-state index in [2.05, 4.69) is 47.5 Å². The summed E-state index contributed by atoms with van der Waals surface area (Å²) in [6.07, 6.45) is 3.83. The van der Waals surface area contributed by atoms with Crippen molar-refractivity contribution in [3.8, 4) is 0 Å². The average Bonchev–Trinajstić information content (AvgIpc) is 2.83. The van der Waals surface area contributed by atoms with Crippen molar-refractivity contribution in [2.45, 2.75) is 39.7 Å². The van der Waals surface area contributed by atoms with Gasteiger partial charge < -0.3 is 5.32 Å². The number of aromatic nitrogens is 2. The Bertz CT molecular complexity index is 492. The van der Waals surface area contributed by atoms with Gasteiger partial charge in [-0.25, -0.2) is 9.97 Å². The van der Waals surface area contributed by atoms with Gasteiger partial charge in [0.2, 0.25) is 0 Å². The second kappa shape index (κ2) is 6.25. The molecule has 0 bridgehead atoms. The number of nitrogens with one attached hydrogen (secondary N) is 1. The van der Waals surface area contributed by atoms with E-state index in [1.165, 1.54) is 16.8 Å². The summed E-state index contributed by atoms with van der Waals surface area (Å²) in [4.78, 5) is 8.76. The van der Waals surface area contributed by atoms with E-state index in [9.17, 15) is 0 Å². The Morgan fingerprint density at radius 3 is 2.89 bits per heavy atom. The molecule has 0 fully saturated rings. The number of nitrogens with zero attached hydrogens (tertiary/aromatic N) is 2. The molecule has 3 nitrogen and oxygen atoms in total. The van der Waals surface area contributed by atoms with Crippen molar-refractivity contribution >= 4 is 21.6 Å². The Morgan fingerprint density at radius 2 is 2.17 bits per heavy atom. The topological polar surface area (TPSA) is 37.8 Å². The van der Waals surface area contributed by atoms with Crippen LogP contribution in [-0.2, 0) is 6.42 Å². The lowest BCUT2D eigenvalue weighted by atomic mass is 9.99. The SMILES string of the molecule is CCCNC(Cc1ncnc2ccsc12)C(C)C. The maximum Gasteiger partial charge on any atom is 0.116 e. The molecule has 2 heterocycles. The van der Waals surface area contributed by atoms with Crippen molar-refractivity contribution in [2.75, 3.05) is 6.54 Å². The van der Waals surface area contributed by atoms with Crippen LogP contribution in [0.15, 0.2) is 17.8 Å². The van der Waals surface area contributed by atoms with Gasteiger partial charge in [-0.3, -0.25) is 0 Å². The Labute approximate surface area is 113 Å². The molecule has 0 radical (unpaired) electrons. The van der Waals surface area contributed by atoms with Crippen LogP contribution < -0.4 is 5.32 Å². The van der Waals surface area contributed by atoms with Gasteiger partial charge in [-0.1, -0.05) is 20.8 Å². The van der Waals surface area contributed by atoms with Gasteiger partial charge in [0.1, 0.15) is 6.33 Å². The van der Waals surface area contributed by atoms with E-state index < -0.39 is 0 Å². The molecule has 2 rings (SSSR count). The third-order valence-corrected chi connectivity index (χ3v) is 4.14. The maximum atomic E-state index is 4.47. The van der Waals surface area contributed by atoms with Crippen LogP contribution in [0.25, 0.3) is 10.2 Å². The van der Waals surface area contributed by atoms with Gasteiger partial charge in [0.25, 0.3) is 0 Å². The first-order valence-electron chi connectivity index (χ1n) is 6.62. The molecule has 2 aromatic heterocycles. The molecule has 4 heteroatoms. The van der Waals surface area contributed by atoms with Gasteiger partial charge in [0, 0.05) is 12.5 Å². The highest BCUT2D eigenvalue weighted by Crippen LogP contribution is 2.23. The largest absolute Gasteiger partial charge is 0.313 e. The molecule has 1 unspecified atom stereocenters. The van der Waals surface area contributed by atoms with E-state index in [1.54, 1.807) is 17.7 Å². The fourth-order valence-electron chi connectivity index (χ4n) is 2.07. The molecule has 1 N–H and O–H groups in total. The van der Waals surface area contributed by atoms with E-state index in [1.807, 2.05) is 0 Å².